The number of hydrogen-bond donors (Lipinski definition) is 1. The second-order valence-electron chi connectivity index (χ2n) is 4.68. The molecule has 0 saturated heterocycles. The molecule has 2 rings (SSSR count). The maximum Gasteiger partial charge on any atom is 0.250 e. The Kier molecular flexibility index (Phi) is 4.47. The van der Waals surface area contributed by atoms with Gasteiger partial charge in [-0.1, -0.05) is 0 Å². The fourth-order valence-corrected chi connectivity index (χ4v) is 1.66. The van der Waals surface area contributed by atoms with Crippen LogP contribution in [0, 0.1) is 6.92 Å². The number of amides is 1. The highest BCUT2D eigenvalue weighted by molar-refractivity contribution is 5.92. The van der Waals surface area contributed by atoms with Crippen molar-refractivity contribution < 1.29 is 13.9 Å². The van der Waals surface area contributed by atoms with E-state index in [1.54, 1.807) is 0 Å². The van der Waals surface area contributed by atoms with E-state index in [2.05, 4.69) is 15.5 Å². The van der Waals surface area contributed by atoms with Crippen molar-refractivity contribution in [3.63, 3.8) is 0 Å². The standard InChI is InChI=1S/C14H17N3O3/c1-9(2)19-7-13(18)16-12-5-4-11(6-10(12)3)14-17-15-8-20-14/h4-6,8-9H,7H2,1-3H3,(H,16,18). The van der Waals surface area contributed by atoms with Gasteiger partial charge in [0.15, 0.2) is 0 Å². The van der Waals surface area contributed by atoms with E-state index >= 15 is 0 Å². The average Bonchev–Trinajstić information content (AvgIpc) is 2.92. The van der Waals surface area contributed by atoms with E-state index in [-0.39, 0.29) is 18.6 Å². The zero-order valence-electron chi connectivity index (χ0n) is 11.7. The number of rotatable bonds is 5. The number of aromatic nitrogens is 2. The number of carbonyl (C=O) groups is 1. The number of aryl methyl sites for hydroxylation is 1. The van der Waals surface area contributed by atoms with Crippen molar-refractivity contribution in [3.8, 4) is 11.5 Å². The Labute approximate surface area is 117 Å². The van der Waals surface area contributed by atoms with Crippen molar-refractivity contribution in [3.05, 3.63) is 30.2 Å². The first kappa shape index (κ1) is 14.2. The molecule has 1 amide bonds. The molecule has 1 heterocycles. The largest absolute Gasteiger partial charge is 0.423 e. The Hall–Kier alpha value is -2.21. The molecule has 6 nitrogen and oxygen atoms in total. The number of anilines is 1. The summed E-state index contributed by atoms with van der Waals surface area (Å²) >= 11 is 0. The van der Waals surface area contributed by atoms with Crippen LogP contribution in [0.3, 0.4) is 0 Å². The first-order chi connectivity index (χ1) is 9.56. The lowest BCUT2D eigenvalue weighted by Crippen LogP contribution is -2.21. The Morgan fingerprint density at radius 2 is 2.25 bits per heavy atom. The van der Waals surface area contributed by atoms with Crippen molar-refractivity contribution in [1.82, 2.24) is 10.2 Å². The molecule has 0 aliphatic heterocycles. The van der Waals surface area contributed by atoms with Crippen LogP contribution >= 0.6 is 0 Å². The minimum atomic E-state index is -0.174. The van der Waals surface area contributed by atoms with Crippen LogP contribution in [0.5, 0.6) is 0 Å². The first-order valence-electron chi connectivity index (χ1n) is 6.35. The van der Waals surface area contributed by atoms with Crippen LogP contribution in [0.15, 0.2) is 29.0 Å². The second kappa shape index (κ2) is 6.29. The number of nitrogens with one attached hydrogen (secondary N) is 1. The SMILES string of the molecule is Cc1cc(-c2nnco2)ccc1NC(=O)COC(C)C. The third-order valence-corrected chi connectivity index (χ3v) is 2.66. The molecule has 0 saturated carbocycles. The van der Waals surface area contributed by atoms with Gasteiger partial charge in [0.2, 0.25) is 18.2 Å². The molecule has 20 heavy (non-hydrogen) atoms. The van der Waals surface area contributed by atoms with Gasteiger partial charge in [-0.25, -0.2) is 0 Å². The van der Waals surface area contributed by atoms with Crippen molar-refractivity contribution >= 4 is 11.6 Å². The monoisotopic (exact) mass is 275 g/mol. The van der Waals surface area contributed by atoms with Crippen LogP contribution in [-0.4, -0.2) is 28.8 Å². The number of hydrogen-bond acceptors (Lipinski definition) is 5. The minimum absolute atomic E-state index is 0.0294. The fourth-order valence-electron chi connectivity index (χ4n) is 1.66. The summed E-state index contributed by atoms with van der Waals surface area (Å²) in [6, 6.07) is 5.51. The van der Waals surface area contributed by atoms with Gasteiger partial charge in [-0.2, -0.15) is 0 Å². The summed E-state index contributed by atoms with van der Waals surface area (Å²) in [5.41, 5.74) is 2.47. The van der Waals surface area contributed by atoms with Crippen molar-refractivity contribution in [2.75, 3.05) is 11.9 Å². The maximum absolute atomic E-state index is 11.7. The van der Waals surface area contributed by atoms with Gasteiger partial charge in [-0.15, -0.1) is 10.2 Å². The highest BCUT2D eigenvalue weighted by atomic mass is 16.5. The van der Waals surface area contributed by atoms with E-state index in [1.165, 1.54) is 6.39 Å². The highest BCUT2D eigenvalue weighted by Gasteiger charge is 2.09. The molecule has 6 heteroatoms. The summed E-state index contributed by atoms with van der Waals surface area (Å²) in [6.07, 6.45) is 1.31. The smallest absolute Gasteiger partial charge is 0.250 e. The van der Waals surface area contributed by atoms with Gasteiger partial charge < -0.3 is 14.5 Å². The van der Waals surface area contributed by atoms with Crippen molar-refractivity contribution in [1.29, 1.82) is 0 Å². The van der Waals surface area contributed by atoms with E-state index in [4.69, 9.17) is 9.15 Å². The number of ether oxygens (including phenoxy) is 1. The predicted octanol–water partition coefficient (Wildman–Crippen LogP) is 2.41. The minimum Gasteiger partial charge on any atom is -0.423 e. The van der Waals surface area contributed by atoms with E-state index in [0.717, 1.165) is 16.8 Å². The molecular formula is C14H17N3O3. The number of nitrogens with zero attached hydrogens (tertiary/aromatic N) is 2. The van der Waals surface area contributed by atoms with Crippen LogP contribution in [0.2, 0.25) is 0 Å². The van der Waals surface area contributed by atoms with E-state index in [1.807, 2.05) is 39.0 Å². The molecule has 0 radical (unpaired) electrons. The predicted molar refractivity (Wildman–Crippen MR) is 74.2 cm³/mol. The number of carbonyl (C=O) groups excluding carboxylic acids is 1. The van der Waals surface area contributed by atoms with Crippen molar-refractivity contribution in [2.24, 2.45) is 0 Å². The normalized spacial score (nSPS) is 10.8. The molecule has 0 bridgehead atoms. The molecule has 0 atom stereocenters. The molecule has 0 aliphatic rings. The summed E-state index contributed by atoms with van der Waals surface area (Å²) in [5, 5.41) is 10.3. The van der Waals surface area contributed by atoms with Gasteiger partial charge in [-0.05, 0) is 44.5 Å². The van der Waals surface area contributed by atoms with Gasteiger partial charge in [0, 0.05) is 11.3 Å². The van der Waals surface area contributed by atoms with Crippen LogP contribution in [0.4, 0.5) is 5.69 Å². The quantitative estimate of drug-likeness (QED) is 0.906. The van der Waals surface area contributed by atoms with Crippen LogP contribution in [0.25, 0.3) is 11.5 Å². The summed E-state index contributed by atoms with van der Waals surface area (Å²) in [5.74, 6) is 0.279. The maximum atomic E-state index is 11.7. The van der Waals surface area contributed by atoms with Crippen LogP contribution in [-0.2, 0) is 9.53 Å². The van der Waals surface area contributed by atoms with Gasteiger partial charge in [0.05, 0.1) is 6.10 Å². The first-order valence-corrected chi connectivity index (χ1v) is 6.35. The molecule has 0 aliphatic carbocycles. The lowest BCUT2D eigenvalue weighted by molar-refractivity contribution is -0.121. The molecule has 1 aromatic heterocycles. The topological polar surface area (TPSA) is 77.3 Å². The number of benzene rings is 1. The average molecular weight is 275 g/mol. The fraction of sp³-hybridized carbons (Fsp3) is 0.357. The lowest BCUT2D eigenvalue weighted by atomic mass is 10.1. The Morgan fingerprint density at radius 1 is 1.45 bits per heavy atom. The van der Waals surface area contributed by atoms with Gasteiger partial charge in [0.1, 0.15) is 6.61 Å². The summed E-state index contributed by atoms with van der Waals surface area (Å²) in [4.78, 5) is 11.7. The Balaban J connectivity index is 2.05. The molecular weight excluding hydrogens is 258 g/mol. The molecule has 0 fully saturated rings. The van der Waals surface area contributed by atoms with E-state index in [0.29, 0.717) is 5.89 Å². The summed E-state index contributed by atoms with van der Waals surface area (Å²) in [7, 11) is 0. The third kappa shape index (κ3) is 3.64. The zero-order valence-corrected chi connectivity index (χ0v) is 11.7. The van der Waals surface area contributed by atoms with Crippen LogP contribution in [0.1, 0.15) is 19.4 Å². The second-order valence-corrected chi connectivity index (χ2v) is 4.68. The molecule has 0 unspecified atom stereocenters. The zero-order chi connectivity index (χ0) is 14.5. The van der Waals surface area contributed by atoms with Crippen LogP contribution < -0.4 is 5.32 Å². The molecule has 1 N–H and O–H groups in total. The van der Waals surface area contributed by atoms with E-state index < -0.39 is 0 Å². The summed E-state index contributed by atoms with van der Waals surface area (Å²) in [6.45, 7) is 5.72. The van der Waals surface area contributed by atoms with E-state index in [9.17, 15) is 4.79 Å². The Morgan fingerprint density at radius 3 is 2.85 bits per heavy atom. The lowest BCUT2D eigenvalue weighted by Gasteiger charge is -2.11. The van der Waals surface area contributed by atoms with Gasteiger partial charge in [0.25, 0.3) is 0 Å². The van der Waals surface area contributed by atoms with Gasteiger partial charge in [-0.3, -0.25) is 4.79 Å². The Bertz CT molecular complexity index is 579. The van der Waals surface area contributed by atoms with Crippen molar-refractivity contribution in [2.45, 2.75) is 26.9 Å². The summed E-state index contributed by atoms with van der Waals surface area (Å²) < 4.78 is 10.4. The van der Waals surface area contributed by atoms with Gasteiger partial charge >= 0.3 is 0 Å². The molecule has 1 aromatic carbocycles. The molecule has 2 aromatic rings. The molecule has 106 valence electrons. The highest BCUT2D eigenvalue weighted by Crippen LogP contribution is 2.23. The molecule has 0 spiro atoms. The third-order valence-electron chi connectivity index (χ3n) is 2.66.